The van der Waals surface area contributed by atoms with Crippen LogP contribution < -0.4 is 5.32 Å². The minimum absolute atomic E-state index is 0.183. The van der Waals surface area contributed by atoms with Crippen LogP contribution in [0.3, 0.4) is 0 Å². The molecule has 0 aliphatic rings. The number of nitrogens with one attached hydrogen (secondary N) is 1. The highest BCUT2D eigenvalue weighted by molar-refractivity contribution is 5.95. The average molecular weight is 311 g/mol. The normalized spacial score (nSPS) is 11.5. The van der Waals surface area contributed by atoms with Gasteiger partial charge in [-0.2, -0.15) is 18.3 Å². The molecule has 0 aliphatic carbocycles. The first-order chi connectivity index (χ1) is 10.4. The van der Waals surface area contributed by atoms with Gasteiger partial charge in [-0.1, -0.05) is 37.3 Å². The van der Waals surface area contributed by atoms with Crippen molar-refractivity contribution >= 4 is 5.91 Å². The third-order valence-electron chi connectivity index (χ3n) is 3.15. The number of alkyl halides is 3. The molecule has 2 aromatic rings. The van der Waals surface area contributed by atoms with E-state index in [1.807, 2.05) is 42.6 Å². The molecule has 7 heteroatoms. The van der Waals surface area contributed by atoms with E-state index in [0.29, 0.717) is 18.7 Å². The Balaban J connectivity index is 2.15. The Labute approximate surface area is 125 Å². The molecule has 0 bridgehead atoms. The maximum absolute atomic E-state index is 12.2. The summed E-state index contributed by atoms with van der Waals surface area (Å²) in [7, 11) is 0. The molecule has 1 aromatic carbocycles. The molecule has 0 atom stereocenters. The Morgan fingerprint density at radius 3 is 2.55 bits per heavy atom. The van der Waals surface area contributed by atoms with Crippen molar-refractivity contribution in [3.05, 3.63) is 53.3 Å². The molecular formula is C15H16F3N3O. The number of aromatic nitrogens is 2. The zero-order chi connectivity index (χ0) is 16.2. The summed E-state index contributed by atoms with van der Waals surface area (Å²) in [6.07, 6.45) is -2.61. The van der Waals surface area contributed by atoms with Gasteiger partial charge in [-0.3, -0.25) is 9.48 Å². The first-order valence-corrected chi connectivity index (χ1v) is 6.84. The van der Waals surface area contributed by atoms with Crippen LogP contribution >= 0.6 is 0 Å². The number of amides is 1. The molecule has 2 rings (SSSR count). The standard InChI is InChI=1S/C15H16F3N3O/c1-2-13-12(14(22)19-10-15(16,17)18)8-20-21(13)9-11-6-4-3-5-7-11/h3-8H,2,9-10H2,1H3,(H,19,22). The van der Waals surface area contributed by atoms with E-state index >= 15 is 0 Å². The molecule has 0 aliphatic heterocycles. The minimum Gasteiger partial charge on any atom is -0.343 e. The summed E-state index contributed by atoms with van der Waals surface area (Å²) in [5.41, 5.74) is 1.80. The van der Waals surface area contributed by atoms with E-state index in [9.17, 15) is 18.0 Å². The summed E-state index contributed by atoms with van der Waals surface area (Å²) in [5.74, 6) is -0.756. The number of halogens is 3. The van der Waals surface area contributed by atoms with Gasteiger partial charge in [0, 0.05) is 0 Å². The van der Waals surface area contributed by atoms with E-state index in [1.54, 1.807) is 4.68 Å². The SMILES string of the molecule is CCc1c(C(=O)NCC(F)(F)F)cnn1Cc1ccccc1. The second kappa shape index (κ2) is 6.64. The van der Waals surface area contributed by atoms with Crippen LogP contribution in [-0.2, 0) is 13.0 Å². The van der Waals surface area contributed by atoms with Crippen LogP contribution in [0.1, 0.15) is 28.5 Å². The number of rotatable bonds is 5. The van der Waals surface area contributed by atoms with Crippen molar-refractivity contribution in [2.45, 2.75) is 26.1 Å². The molecule has 0 saturated heterocycles. The Hall–Kier alpha value is -2.31. The lowest BCUT2D eigenvalue weighted by Crippen LogP contribution is -2.34. The van der Waals surface area contributed by atoms with Crippen molar-refractivity contribution < 1.29 is 18.0 Å². The van der Waals surface area contributed by atoms with Gasteiger partial charge >= 0.3 is 6.18 Å². The number of benzene rings is 1. The van der Waals surface area contributed by atoms with E-state index in [2.05, 4.69) is 5.10 Å². The largest absolute Gasteiger partial charge is 0.405 e. The van der Waals surface area contributed by atoms with Gasteiger partial charge in [-0.15, -0.1) is 0 Å². The van der Waals surface area contributed by atoms with Crippen molar-refractivity contribution in [2.24, 2.45) is 0 Å². The topological polar surface area (TPSA) is 46.9 Å². The summed E-state index contributed by atoms with van der Waals surface area (Å²) in [6, 6.07) is 9.52. The zero-order valence-corrected chi connectivity index (χ0v) is 12.0. The zero-order valence-electron chi connectivity index (χ0n) is 12.0. The van der Waals surface area contributed by atoms with Crippen molar-refractivity contribution in [3.8, 4) is 0 Å². The highest BCUT2D eigenvalue weighted by Crippen LogP contribution is 2.15. The fraction of sp³-hybridized carbons (Fsp3) is 0.333. The van der Waals surface area contributed by atoms with Crippen LogP contribution in [0.4, 0.5) is 13.2 Å². The third-order valence-corrected chi connectivity index (χ3v) is 3.15. The van der Waals surface area contributed by atoms with Gasteiger partial charge in [0.05, 0.1) is 24.0 Å². The van der Waals surface area contributed by atoms with Crippen molar-refractivity contribution in [3.63, 3.8) is 0 Å². The number of nitrogens with zero attached hydrogens (tertiary/aromatic N) is 2. The number of carbonyl (C=O) groups excluding carboxylic acids is 1. The van der Waals surface area contributed by atoms with Gasteiger partial charge in [0.25, 0.3) is 5.91 Å². The Kier molecular flexibility index (Phi) is 4.85. The molecule has 0 saturated carbocycles. The van der Waals surface area contributed by atoms with Crippen LogP contribution in [0.15, 0.2) is 36.5 Å². The van der Waals surface area contributed by atoms with E-state index in [-0.39, 0.29) is 5.56 Å². The predicted octanol–water partition coefficient (Wildman–Crippen LogP) is 2.79. The maximum Gasteiger partial charge on any atom is 0.405 e. The van der Waals surface area contributed by atoms with E-state index < -0.39 is 18.6 Å². The highest BCUT2D eigenvalue weighted by atomic mass is 19.4. The van der Waals surface area contributed by atoms with Crippen molar-refractivity contribution in [1.82, 2.24) is 15.1 Å². The van der Waals surface area contributed by atoms with Gasteiger partial charge in [-0.25, -0.2) is 0 Å². The summed E-state index contributed by atoms with van der Waals surface area (Å²) < 4.78 is 38.2. The quantitative estimate of drug-likeness (QED) is 0.923. The number of hydrogen-bond donors (Lipinski definition) is 1. The van der Waals surface area contributed by atoms with Crippen LogP contribution in [0.25, 0.3) is 0 Å². The van der Waals surface area contributed by atoms with Gasteiger partial charge in [-0.05, 0) is 12.0 Å². The smallest absolute Gasteiger partial charge is 0.343 e. The fourth-order valence-corrected chi connectivity index (χ4v) is 2.14. The van der Waals surface area contributed by atoms with E-state index in [0.717, 1.165) is 5.56 Å². The molecule has 118 valence electrons. The Morgan fingerprint density at radius 1 is 1.27 bits per heavy atom. The second-order valence-electron chi connectivity index (χ2n) is 4.80. The molecule has 0 radical (unpaired) electrons. The van der Waals surface area contributed by atoms with E-state index in [1.165, 1.54) is 6.20 Å². The summed E-state index contributed by atoms with van der Waals surface area (Å²) in [4.78, 5) is 11.9. The molecule has 0 unspecified atom stereocenters. The lowest BCUT2D eigenvalue weighted by atomic mass is 10.1. The molecule has 22 heavy (non-hydrogen) atoms. The third kappa shape index (κ3) is 4.09. The summed E-state index contributed by atoms with van der Waals surface area (Å²) >= 11 is 0. The van der Waals surface area contributed by atoms with E-state index in [4.69, 9.17) is 0 Å². The maximum atomic E-state index is 12.2. The number of hydrogen-bond acceptors (Lipinski definition) is 2. The average Bonchev–Trinajstić information content (AvgIpc) is 2.88. The van der Waals surface area contributed by atoms with Gasteiger partial charge in [0.2, 0.25) is 0 Å². The minimum atomic E-state index is -4.43. The Morgan fingerprint density at radius 2 is 1.95 bits per heavy atom. The molecule has 1 aromatic heterocycles. The van der Waals surface area contributed by atoms with Crippen molar-refractivity contribution in [1.29, 1.82) is 0 Å². The first-order valence-electron chi connectivity index (χ1n) is 6.84. The van der Waals surface area contributed by atoms with Crippen LogP contribution in [0.2, 0.25) is 0 Å². The molecule has 0 fully saturated rings. The molecule has 1 N–H and O–H groups in total. The molecule has 1 heterocycles. The van der Waals surface area contributed by atoms with Gasteiger partial charge in [0.15, 0.2) is 0 Å². The van der Waals surface area contributed by atoms with Gasteiger partial charge < -0.3 is 5.32 Å². The molecular weight excluding hydrogens is 295 g/mol. The van der Waals surface area contributed by atoms with Crippen LogP contribution in [-0.4, -0.2) is 28.4 Å². The van der Waals surface area contributed by atoms with Crippen LogP contribution in [0.5, 0.6) is 0 Å². The van der Waals surface area contributed by atoms with Crippen LogP contribution in [0, 0.1) is 0 Å². The summed E-state index contributed by atoms with van der Waals surface area (Å²) in [5, 5.41) is 6.00. The Bertz CT molecular complexity index is 635. The highest BCUT2D eigenvalue weighted by Gasteiger charge is 2.28. The first kappa shape index (κ1) is 16.1. The molecule has 4 nitrogen and oxygen atoms in total. The predicted molar refractivity (Wildman–Crippen MR) is 75.5 cm³/mol. The molecule has 0 spiro atoms. The summed E-state index contributed by atoms with van der Waals surface area (Å²) in [6.45, 7) is 0.953. The van der Waals surface area contributed by atoms with Gasteiger partial charge in [0.1, 0.15) is 6.54 Å². The lowest BCUT2D eigenvalue weighted by molar-refractivity contribution is -0.123. The second-order valence-corrected chi connectivity index (χ2v) is 4.80. The number of carbonyl (C=O) groups is 1. The fourth-order valence-electron chi connectivity index (χ4n) is 2.14. The van der Waals surface area contributed by atoms with Crippen molar-refractivity contribution in [2.75, 3.05) is 6.54 Å². The molecule has 1 amide bonds. The lowest BCUT2D eigenvalue weighted by Gasteiger charge is -2.10. The monoisotopic (exact) mass is 311 g/mol.